The van der Waals surface area contributed by atoms with Gasteiger partial charge in [-0.3, -0.25) is 4.79 Å². The van der Waals surface area contributed by atoms with E-state index >= 15 is 0 Å². The van der Waals surface area contributed by atoms with Gasteiger partial charge < -0.3 is 24.4 Å². The number of amides is 1. The summed E-state index contributed by atoms with van der Waals surface area (Å²) in [5.41, 5.74) is 2.54. The molecule has 1 N–H and O–H groups in total. The summed E-state index contributed by atoms with van der Waals surface area (Å²) in [5.74, 6) is 2.71. The van der Waals surface area contributed by atoms with Crippen LogP contribution in [0.2, 0.25) is 5.15 Å². The molecule has 2 aliphatic rings. The molecule has 2 aliphatic heterocycles. The first-order valence-electron chi connectivity index (χ1n) is 10.9. The van der Waals surface area contributed by atoms with Crippen LogP contribution in [0.3, 0.4) is 0 Å². The zero-order valence-corrected chi connectivity index (χ0v) is 19.9. The van der Waals surface area contributed by atoms with Crippen LogP contribution in [-0.4, -0.2) is 49.0 Å². The summed E-state index contributed by atoms with van der Waals surface area (Å²) in [6, 6.07) is 15.0. The molecule has 0 unspecified atom stereocenters. The Bertz CT molecular complexity index is 1190. The van der Waals surface area contributed by atoms with Gasteiger partial charge in [0.25, 0.3) is 5.91 Å². The molecule has 2 aromatic carbocycles. The molecule has 0 atom stereocenters. The van der Waals surface area contributed by atoms with Gasteiger partial charge in [-0.2, -0.15) is 0 Å². The Morgan fingerprint density at radius 2 is 1.88 bits per heavy atom. The summed E-state index contributed by atoms with van der Waals surface area (Å²) in [7, 11) is 0. The van der Waals surface area contributed by atoms with Crippen LogP contribution in [0.5, 0.6) is 11.5 Å². The molecule has 1 aromatic heterocycles. The number of nitrogens with one attached hydrogen (secondary N) is 1. The minimum Gasteiger partial charge on any atom is -0.454 e. The molecule has 3 heterocycles. The molecule has 0 radical (unpaired) electrons. The van der Waals surface area contributed by atoms with Crippen molar-refractivity contribution < 1.29 is 19.0 Å². The molecule has 5 rings (SSSR count). The second kappa shape index (κ2) is 10.5. The van der Waals surface area contributed by atoms with E-state index in [9.17, 15) is 4.79 Å². The molecule has 1 saturated heterocycles. The average Bonchev–Trinajstić information content (AvgIpc) is 3.34. The van der Waals surface area contributed by atoms with Gasteiger partial charge in [0.1, 0.15) is 11.0 Å². The average molecular weight is 499 g/mol. The van der Waals surface area contributed by atoms with Crippen molar-refractivity contribution in [3.63, 3.8) is 0 Å². The predicted octanol–water partition coefficient (Wildman–Crippen LogP) is 3.92. The Labute approximate surface area is 206 Å². The van der Waals surface area contributed by atoms with Crippen molar-refractivity contribution in [2.75, 3.05) is 38.0 Å². The molecule has 1 fully saturated rings. The quantitative estimate of drug-likeness (QED) is 0.298. The third-order valence-electron chi connectivity index (χ3n) is 5.44. The number of carbonyl (C=O) groups is 1. The molecule has 0 bridgehead atoms. The Kier molecular flexibility index (Phi) is 7.03. The third-order valence-corrected chi connectivity index (χ3v) is 6.56. The van der Waals surface area contributed by atoms with Crippen molar-refractivity contribution in [2.24, 2.45) is 0 Å². The van der Waals surface area contributed by atoms with Crippen molar-refractivity contribution in [1.82, 2.24) is 15.3 Å². The number of benzene rings is 2. The Morgan fingerprint density at radius 1 is 1.03 bits per heavy atom. The lowest BCUT2D eigenvalue weighted by Crippen LogP contribution is -2.36. The highest BCUT2D eigenvalue weighted by Crippen LogP contribution is 2.32. The number of hydrogen-bond donors (Lipinski definition) is 1. The van der Waals surface area contributed by atoms with Crippen LogP contribution < -0.4 is 19.7 Å². The van der Waals surface area contributed by atoms with Gasteiger partial charge in [0.05, 0.1) is 13.2 Å². The summed E-state index contributed by atoms with van der Waals surface area (Å²) in [6.07, 6.45) is 0. The molecule has 0 saturated carbocycles. The maximum atomic E-state index is 12.7. The Balaban J connectivity index is 1.19. The van der Waals surface area contributed by atoms with Gasteiger partial charge in [0.2, 0.25) is 6.79 Å². The van der Waals surface area contributed by atoms with Gasteiger partial charge in [-0.15, -0.1) is 0 Å². The highest BCUT2D eigenvalue weighted by Gasteiger charge is 2.16. The molecular formula is C24H23ClN4O4S. The molecule has 0 spiro atoms. The van der Waals surface area contributed by atoms with E-state index in [4.69, 9.17) is 25.8 Å². The predicted molar refractivity (Wildman–Crippen MR) is 130 cm³/mol. The third kappa shape index (κ3) is 5.55. The first kappa shape index (κ1) is 22.8. The maximum absolute atomic E-state index is 12.7. The first-order valence-corrected chi connectivity index (χ1v) is 12.3. The van der Waals surface area contributed by atoms with Crippen LogP contribution in [0.1, 0.15) is 21.5 Å². The number of hydrogen-bond acceptors (Lipinski definition) is 8. The lowest BCUT2D eigenvalue weighted by atomic mass is 10.1. The minimum atomic E-state index is -0.141. The molecule has 3 aromatic rings. The smallest absolute Gasteiger partial charge is 0.251 e. The molecule has 1 amide bonds. The lowest BCUT2D eigenvalue weighted by Gasteiger charge is -2.27. The molecule has 8 nitrogen and oxygen atoms in total. The second-order valence-electron chi connectivity index (χ2n) is 7.79. The van der Waals surface area contributed by atoms with Gasteiger partial charge >= 0.3 is 0 Å². The zero-order valence-electron chi connectivity index (χ0n) is 18.3. The molecule has 176 valence electrons. The van der Waals surface area contributed by atoms with Gasteiger partial charge in [-0.05, 0) is 35.4 Å². The number of halogens is 1. The van der Waals surface area contributed by atoms with Gasteiger partial charge in [0.15, 0.2) is 16.7 Å². The summed E-state index contributed by atoms with van der Waals surface area (Å²) in [6.45, 7) is 3.53. The number of rotatable bonds is 7. The fraction of sp³-hybridized carbons (Fsp3) is 0.292. The fourth-order valence-electron chi connectivity index (χ4n) is 3.69. The number of thioether (sulfide) groups is 1. The molecule has 10 heteroatoms. The van der Waals surface area contributed by atoms with Gasteiger partial charge in [-0.25, -0.2) is 9.97 Å². The monoisotopic (exact) mass is 498 g/mol. The minimum absolute atomic E-state index is 0.141. The van der Waals surface area contributed by atoms with E-state index in [2.05, 4.69) is 20.2 Å². The largest absolute Gasteiger partial charge is 0.454 e. The van der Waals surface area contributed by atoms with Crippen molar-refractivity contribution in [3.8, 4) is 11.5 Å². The van der Waals surface area contributed by atoms with Crippen LogP contribution in [0, 0.1) is 0 Å². The SMILES string of the molecule is O=C(NCc1ccc2c(c1)OCO2)c1cccc(CSc2nc(Cl)cc(N3CCOCC3)n2)c1. The van der Waals surface area contributed by atoms with E-state index in [0.29, 0.717) is 47.1 Å². The Hall–Kier alpha value is -3.01. The number of nitrogens with zero attached hydrogens (tertiary/aromatic N) is 3. The fourth-order valence-corrected chi connectivity index (χ4v) is 4.71. The maximum Gasteiger partial charge on any atom is 0.251 e. The van der Waals surface area contributed by atoms with E-state index in [1.165, 1.54) is 11.8 Å². The van der Waals surface area contributed by atoms with E-state index in [1.54, 1.807) is 12.1 Å². The number of aromatic nitrogens is 2. The van der Waals surface area contributed by atoms with E-state index < -0.39 is 0 Å². The number of anilines is 1. The highest BCUT2D eigenvalue weighted by molar-refractivity contribution is 7.98. The molecule has 34 heavy (non-hydrogen) atoms. The zero-order chi connectivity index (χ0) is 23.3. The van der Waals surface area contributed by atoms with Crippen LogP contribution in [0.4, 0.5) is 5.82 Å². The topological polar surface area (TPSA) is 85.8 Å². The van der Waals surface area contributed by atoms with Crippen LogP contribution in [-0.2, 0) is 17.0 Å². The number of morpholine rings is 1. The van der Waals surface area contributed by atoms with Crippen molar-refractivity contribution in [2.45, 2.75) is 17.5 Å². The van der Waals surface area contributed by atoms with Gasteiger partial charge in [-0.1, -0.05) is 41.6 Å². The van der Waals surface area contributed by atoms with E-state index in [-0.39, 0.29) is 12.7 Å². The molecular weight excluding hydrogens is 476 g/mol. The standard InChI is InChI=1S/C24H23ClN4O4S/c25-21-12-22(29-6-8-31-9-7-29)28-24(27-21)34-14-17-2-1-3-18(10-17)23(30)26-13-16-4-5-19-20(11-16)33-15-32-19/h1-5,10-12H,6-9,13-15H2,(H,26,30). The van der Waals surface area contributed by atoms with Crippen molar-refractivity contribution >= 4 is 35.1 Å². The van der Waals surface area contributed by atoms with Crippen LogP contribution in [0.25, 0.3) is 0 Å². The van der Waals surface area contributed by atoms with E-state index in [0.717, 1.165) is 35.8 Å². The summed E-state index contributed by atoms with van der Waals surface area (Å²) in [4.78, 5) is 23.9. The van der Waals surface area contributed by atoms with Gasteiger partial charge in [0, 0.05) is 37.0 Å². The van der Waals surface area contributed by atoms with Crippen LogP contribution >= 0.6 is 23.4 Å². The van der Waals surface area contributed by atoms with Crippen LogP contribution in [0.15, 0.2) is 53.7 Å². The normalized spacial score (nSPS) is 14.8. The molecule has 0 aliphatic carbocycles. The lowest BCUT2D eigenvalue weighted by molar-refractivity contribution is 0.0950. The highest BCUT2D eigenvalue weighted by atomic mass is 35.5. The summed E-state index contributed by atoms with van der Waals surface area (Å²) in [5, 5.41) is 3.97. The van der Waals surface area contributed by atoms with Crippen molar-refractivity contribution in [3.05, 3.63) is 70.4 Å². The Morgan fingerprint density at radius 3 is 2.76 bits per heavy atom. The number of carbonyl (C=O) groups excluding carboxylic acids is 1. The summed E-state index contributed by atoms with van der Waals surface area (Å²) < 4.78 is 16.1. The first-order chi connectivity index (χ1) is 16.6. The summed E-state index contributed by atoms with van der Waals surface area (Å²) >= 11 is 7.73. The van der Waals surface area contributed by atoms with Crippen molar-refractivity contribution in [1.29, 1.82) is 0 Å². The second-order valence-corrected chi connectivity index (χ2v) is 9.12. The number of fused-ring (bicyclic) bond motifs is 1. The number of ether oxygens (including phenoxy) is 3. The van der Waals surface area contributed by atoms with E-state index in [1.807, 2.05) is 36.4 Å².